The van der Waals surface area contributed by atoms with Crippen LogP contribution >= 0.6 is 0 Å². The quantitative estimate of drug-likeness (QED) is 0.580. The van der Waals surface area contributed by atoms with Crippen molar-refractivity contribution in [1.82, 2.24) is 5.06 Å². The maximum atomic E-state index is 6.48. The molecule has 1 aliphatic rings. The molecule has 0 N–H and O–H groups in total. The average molecular weight is 380 g/mol. The van der Waals surface area contributed by atoms with Gasteiger partial charge in [0, 0.05) is 32.2 Å². The zero-order valence-electron chi connectivity index (χ0n) is 17.6. The lowest BCUT2D eigenvalue weighted by atomic mass is 9.99. The molecule has 148 valence electrons. The molecular formula is C21H37NO3Si. The van der Waals surface area contributed by atoms with Gasteiger partial charge in [-0.3, -0.25) is 4.84 Å². The molecule has 3 atom stereocenters. The summed E-state index contributed by atoms with van der Waals surface area (Å²) in [5.74, 6) is 0.387. The molecule has 1 aromatic carbocycles. The Morgan fingerprint density at radius 3 is 2.46 bits per heavy atom. The Labute approximate surface area is 160 Å². The zero-order valence-corrected chi connectivity index (χ0v) is 18.6. The van der Waals surface area contributed by atoms with Gasteiger partial charge in [-0.15, -0.1) is 0 Å². The first-order valence-electron chi connectivity index (χ1n) is 9.87. The summed E-state index contributed by atoms with van der Waals surface area (Å²) >= 11 is 0. The van der Waals surface area contributed by atoms with E-state index in [1.165, 1.54) is 5.56 Å². The summed E-state index contributed by atoms with van der Waals surface area (Å²) in [7, 11) is -1.74. The van der Waals surface area contributed by atoms with Crippen molar-refractivity contribution in [2.45, 2.75) is 78.0 Å². The first kappa shape index (κ1) is 21.6. The van der Waals surface area contributed by atoms with Crippen LogP contribution in [0.5, 0.6) is 0 Å². The highest BCUT2D eigenvalue weighted by molar-refractivity contribution is 6.74. The summed E-state index contributed by atoms with van der Waals surface area (Å²) in [6, 6.07) is 10.8. The minimum absolute atomic E-state index is 0.149. The van der Waals surface area contributed by atoms with Crippen LogP contribution < -0.4 is 0 Å². The van der Waals surface area contributed by atoms with Gasteiger partial charge in [-0.1, -0.05) is 58.0 Å². The van der Waals surface area contributed by atoms with Gasteiger partial charge >= 0.3 is 0 Å². The fourth-order valence-electron chi connectivity index (χ4n) is 2.97. The highest BCUT2D eigenvalue weighted by atomic mass is 28.4. The van der Waals surface area contributed by atoms with Crippen LogP contribution in [0.1, 0.15) is 46.6 Å². The van der Waals surface area contributed by atoms with E-state index in [-0.39, 0.29) is 11.3 Å². The van der Waals surface area contributed by atoms with Crippen molar-refractivity contribution in [3.05, 3.63) is 35.9 Å². The molecule has 0 saturated carbocycles. The van der Waals surface area contributed by atoms with Gasteiger partial charge in [0.2, 0.25) is 0 Å². The molecule has 5 heteroatoms. The van der Waals surface area contributed by atoms with E-state index in [1.54, 1.807) is 0 Å². The number of hydrogen-bond donors (Lipinski definition) is 0. The molecule has 3 unspecified atom stereocenters. The average Bonchev–Trinajstić information content (AvgIpc) is 2.95. The van der Waals surface area contributed by atoms with Crippen molar-refractivity contribution in [2.24, 2.45) is 5.92 Å². The van der Waals surface area contributed by atoms with Crippen molar-refractivity contribution < 1.29 is 14.0 Å². The smallest absolute Gasteiger partial charge is 0.191 e. The van der Waals surface area contributed by atoms with E-state index >= 15 is 0 Å². The highest BCUT2D eigenvalue weighted by Gasteiger charge is 2.41. The molecule has 0 bridgehead atoms. The molecule has 1 aromatic rings. The maximum absolute atomic E-state index is 6.48. The lowest BCUT2D eigenvalue weighted by Crippen LogP contribution is -2.44. The standard InChI is InChI=1S/C21H37NO3Si/c1-8-23-20-14-19(17(2)16-24-26(6,7)21(3,4)5)22(25-20)15-18-12-10-9-11-13-18/h9-13,17,19-20H,8,14-16H2,1-7H3. The largest absolute Gasteiger partial charge is 0.416 e. The molecular weight excluding hydrogens is 342 g/mol. The topological polar surface area (TPSA) is 30.9 Å². The molecule has 4 nitrogen and oxygen atoms in total. The highest BCUT2D eigenvalue weighted by Crippen LogP contribution is 2.37. The minimum Gasteiger partial charge on any atom is -0.416 e. The summed E-state index contributed by atoms with van der Waals surface area (Å²) in [6.07, 6.45) is 0.743. The molecule has 1 heterocycles. The van der Waals surface area contributed by atoms with Crippen LogP contribution in [0.2, 0.25) is 18.1 Å². The van der Waals surface area contributed by atoms with Crippen LogP contribution in [0, 0.1) is 5.92 Å². The van der Waals surface area contributed by atoms with E-state index in [2.05, 4.69) is 70.1 Å². The predicted molar refractivity (Wildman–Crippen MR) is 109 cm³/mol. The monoisotopic (exact) mass is 379 g/mol. The van der Waals surface area contributed by atoms with Crippen LogP contribution in [0.4, 0.5) is 0 Å². The molecule has 0 aromatic heterocycles. The third-order valence-corrected chi connectivity index (χ3v) is 10.3. The van der Waals surface area contributed by atoms with Gasteiger partial charge in [-0.25, -0.2) is 0 Å². The molecule has 0 radical (unpaired) electrons. The molecule has 1 aliphatic heterocycles. The van der Waals surface area contributed by atoms with Crippen molar-refractivity contribution in [3.8, 4) is 0 Å². The Kier molecular flexibility index (Phi) is 7.45. The van der Waals surface area contributed by atoms with Gasteiger partial charge in [0.05, 0.1) is 0 Å². The van der Waals surface area contributed by atoms with Crippen molar-refractivity contribution in [2.75, 3.05) is 13.2 Å². The number of hydroxylamine groups is 2. The Balaban J connectivity index is 2.02. The Morgan fingerprint density at radius 2 is 1.88 bits per heavy atom. The molecule has 0 amide bonds. The lowest BCUT2D eigenvalue weighted by Gasteiger charge is -2.38. The van der Waals surface area contributed by atoms with Crippen LogP contribution in [0.25, 0.3) is 0 Å². The van der Waals surface area contributed by atoms with Gasteiger partial charge in [0.15, 0.2) is 14.6 Å². The first-order valence-corrected chi connectivity index (χ1v) is 12.8. The van der Waals surface area contributed by atoms with Gasteiger partial charge in [-0.05, 0) is 36.5 Å². The SMILES string of the molecule is CCOC1CC(C(C)CO[Si](C)(C)C(C)(C)C)N(Cc2ccccc2)O1. The Hall–Kier alpha value is -0.723. The van der Waals surface area contributed by atoms with E-state index < -0.39 is 8.32 Å². The Morgan fingerprint density at radius 1 is 1.23 bits per heavy atom. The van der Waals surface area contributed by atoms with Crippen molar-refractivity contribution in [3.63, 3.8) is 0 Å². The zero-order chi connectivity index (χ0) is 19.4. The van der Waals surface area contributed by atoms with E-state index in [0.29, 0.717) is 18.6 Å². The fourth-order valence-corrected chi connectivity index (χ4v) is 4.09. The van der Waals surface area contributed by atoms with Crippen molar-refractivity contribution >= 4 is 8.32 Å². The van der Waals surface area contributed by atoms with Crippen LogP contribution in [-0.4, -0.2) is 38.9 Å². The van der Waals surface area contributed by atoms with Gasteiger partial charge < -0.3 is 9.16 Å². The minimum atomic E-state index is -1.74. The second-order valence-electron chi connectivity index (χ2n) is 8.90. The van der Waals surface area contributed by atoms with Gasteiger partial charge in [0.25, 0.3) is 0 Å². The fraction of sp³-hybridized carbons (Fsp3) is 0.714. The van der Waals surface area contributed by atoms with E-state index in [1.807, 2.05) is 13.0 Å². The number of ether oxygens (including phenoxy) is 1. The van der Waals surface area contributed by atoms with E-state index in [4.69, 9.17) is 14.0 Å². The lowest BCUT2D eigenvalue weighted by molar-refractivity contribution is -0.246. The number of benzene rings is 1. The van der Waals surface area contributed by atoms with E-state index in [9.17, 15) is 0 Å². The normalized spacial score (nSPS) is 23.3. The van der Waals surface area contributed by atoms with Gasteiger partial charge in [0.1, 0.15) is 0 Å². The Bertz CT molecular complexity index is 544. The van der Waals surface area contributed by atoms with Crippen LogP contribution in [-0.2, 0) is 20.5 Å². The summed E-state index contributed by atoms with van der Waals surface area (Å²) in [5.41, 5.74) is 1.26. The molecule has 2 rings (SSSR count). The molecule has 1 saturated heterocycles. The van der Waals surface area contributed by atoms with E-state index in [0.717, 1.165) is 19.6 Å². The summed E-state index contributed by atoms with van der Waals surface area (Å²) in [5, 5.41) is 2.34. The van der Waals surface area contributed by atoms with Crippen LogP contribution in [0.15, 0.2) is 30.3 Å². The number of nitrogens with zero attached hydrogens (tertiary/aromatic N) is 1. The first-order chi connectivity index (χ1) is 12.1. The molecule has 0 spiro atoms. The summed E-state index contributed by atoms with van der Waals surface area (Å²) < 4.78 is 12.2. The second-order valence-corrected chi connectivity index (χ2v) is 13.7. The maximum Gasteiger partial charge on any atom is 0.191 e. The summed E-state index contributed by atoms with van der Waals surface area (Å²) in [6.45, 7) is 18.0. The third-order valence-electron chi connectivity index (χ3n) is 5.76. The molecule has 26 heavy (non-hydrogen) atoms. The third kappa shape index (κ3) is 5.63. The second kappa shape index (κ2) is 8.98. The summed E-state index contributed by atoms with van der Waals surface area (Å²) in [4.78, 5) is 6.11. The molecule has 1 fully saturated rings. The van der Waals surface area contributed by atoms with Crippen molar-refractivity contribution in [1.29, 1.82) is 0 Å². The van der Waals surface area contributed by atoms with Crippen LogP contribution in [0.3, 0.4) is 0 Å². The molecule has 0 aliphatic carbocycles. The predicted octanol–water partition coefficient (Wildman–Crippen LogP) is 5.21. The number of hydrogen-bond acceptors (Lipinski definition) is 4. The van der Waals surface area contributed by atoms with Gasteiger partial charge in [-0.2, -0.15) is 5.06 Å². The number of rotatable bonds is 8.